The van der Waals surface area contributed by atoms with Crippen LogP contribution in [0.4, 0.5) is 0 Å². The summed E-state index contributed by atoms with van der Waals surface area (Å²) in [5.74, 6) is -0.440. The van der Waals surface area contributed by atoms with Gasteiger partial charge in [0.25, 0.3) is 11.6 Å². The first-order valence-electron chi connectivity index (χ1n) is 9.34. The Balaban J connectivity index is 2.07. The van der Waals surface area contributed by atoms with Crippen LogP contribution in [0.25, 0.3) is 22.4 Å². The molecule has 0 atom stereocenters. The average molecular weight is 380 g/mol. The maximum absolute atomic E-state index is 13.3. The number of rotatable bonds is 6. The third kappa shape index (κ3) is 3.88. The molecule has 2 amide bonds. The lowest BCUT2D eigenvalue weighted by molar-refractivity contribution is -0.121. The quantitative estimate of drug-likeness (QED) is 0.710. The Bertz CT molecular complexity index is 1010. The molecule has 3 aromatic rings. The highest BCUT2D eigenvalue weighted by Crippen LogP contribution is 2.28. The fourth-order valence-corrected chi connectivity index (χ4v) is 3.06. The van der Waals surface area contributed by atoms with Crippen molar-refractivity contribution in [1.82, 2.24) is 20.4 Å². The first-order valence-corrected chi connectivity index (χ1v) is 9.34. The van der Waals surface area contributed by atoms with Crippen molar-refractivity contribution in [1.29, 1.82) is 0 Å². The van der Waals surface area contributed by atoms with E-state index in [4.69, 9.17) is 4.52 Å². The average Bonchev–Trinajstić information content (AvgIpc) is 3.06. The van der Waals surface area contributed by atoms with Gasteiger partial charge in [-0.1, -0.05) is 35.0 Å². The molecule has 7 nitrogen and oxygen atoms in total. The smallest absolute Gasteiger partial charge is 0.259 e. The molecule has 146 valence electrons. The number of carbonyl (C=O) groups excluding carboxylic acids is 2. The Morgan fingerprint density at radius 3 is 2.50 bits per heavy atom. The third-order valence-corrected chi connectivity index (χ3v) is 4.57. The van der Waals surface area contributed by atoms with Crippen LogP contribution in [-0.4, -0.2) is 46.5 Å². The number of amides is 2. The van der Waals surface area contributed by atoms with Gasteiger partial charge in [0.2, 0.25) is 5.91 Å². The Labute approximate surface area is 163 Å². The van der Waals surface area contributed by atoms with Crippen LogP contribution in [0.5, 0.6) is 0 Å². The lowest BCUT2D eigenvalue weighted by atomic mass is 10.0. The highest BCUT2D eigenvalue weighted by Gasteiger charge is 2.24. The van der Waals surface area contributed by atoms with Crippen molar-refractivity contribution in [3.63, 3.8) is 0 Å². The molecule has 1 aromatic carbocycles. The second kappa shape index (κ2) is 8.21. The SMILES string of the molecule is CCNC(=O)CN(CC)C(=O)c1cc(-c2ccc(C)cc2)nc2onc(C)c12. The van der Waals surface area contributed by atoms with Crippen molar-refractivity contribution in [2.75, 3.05) is 19.6 Å². The summed E-state index contributed by atoms with van der Waals surface area (Å²) in [7, 11) is 0. The van der Waals surface area contributed by atoms with E-state index in [1.165, 1.54) is 4.90 Å². The summed E-state index contributed by atoms with van der Waals surface area (Å²) in [6, 6.07) is 9.63. The largest absolute Gasteiger partial charge is 0.355 e. The molecule has 3 rings (SSSR count). The van der Waals surface area contributed by atoms with Crippen molar-refractivity contribution in [3.8, 4) is 11.3 Å². The zero-order valence-corrected chi connectivity index (χ0v) is 16.6. The van der Waals surface area contributed by atoms with Gasteiger partial charge in [-0.2, -0.15) is 0 Å². The van der Waals surface area contributed by atoms with Gasteiger partial charge in [0.05, 0.1) is 28.9 Å². The number of fused-ring (bicyclic) bond motifs is 1. The maximum Gasteiger partial charge on any atom is 0.259 e. The zero-order chi connectivity index (χ0) is 20.3. The minimum atomic E-state index is -0.249. The van der Waals surface area contributed by atoms with Gasteiger partial charge in [0.15, 0.2) is 0 Å². The molecule has 0 aliphatic carbocycles. The van der Waals surface area contributed by atoms with Crippen LogP contribution in [0, 0.1) is 13.8 Å². The van der Waals surface area contributed by atoms with Crippen LogP contribution in [-0.2, 0) is 4.79 Å². The number of pyridine rings is 1. The van der Waals surface area contributed by atoms with Crippen LogP contribution < -0.4 is 5.32 Å². The molecule has 28 heavy (non-hydrogen) atoms. The van der Waals surface area contributed by atoms with E-state index in [1.54, 1.807) is 13.0 Å². The summed E-state index contributed by atoms with van der Waals surface area (Å²) >= 11 is 0. The number of likely N-dealkylation sites (N-methyl/N-ethyl adjacent to an activating group) is 2. The van der Waals surface area contributed by atoms with Crippen molar-refractivity contribution >= 4 is 22.9 Å². The molecule has 2 heterocycles. The summed E-state index contributed by atoms with van der Waals surface area (Å²) < 4.78 is 5.35. The van der Waals surface area contributed by atoms with Gasteiger partial charge in [-0.3, -0.25) is 9.59 Å². The Hall–Kier alpha value is -3.22. The Kier molecular flexibility index (Phi) is 5.73. The number of hydrogen-bond donors (Lipinski definition) is 1. The molecular weight excluding hydrogens is 356 g/mol. The van der Waals surface area contributed by atoms with Gasteiger partial charge in [-0.15, -0.1) is 0 Å². The highest BCUT2D eigenvalue weighted by atomic mass is 16.5. The van der Waals surface area contributed by atoms with Crippen molar-refractivity contribution < 1.29 is 14.1 Å². The number of aryl methyl sites for hydroxylation is 2. The normalized spacial score (nSPS) is 10.9. The van der Waals surface area contributed by atoms with E-state index in [0.29, 0.717) is 41.1 Å². The van der Waals surface area contributed by atoms with Crippen LogP contribution in [0.15, 0.2) is 34.9 Å². The van der Waals surface area contributed by atoms with E-state index in [9.17, 15) is 9.59 Å². The summed E-state index contributed by atoms with van der Waals surface area (Å²) in [4.78, 5) is 31.3. The summed E-state index contributed by atoms with van der Waals surface area (Å²) in [5.41, 5.74) is 3.98. The van der Waals surface area contributed by atoms with Crippen molar-refractivity contribution in [2.45, 2.75) is 27.7 Å². The minimum Gasteiger partial charge on any atom is -0.355 e. The molecule has 0 fully saturated rings. The molecule has 1 N–H and O–H groups in total. The van der Waals surface area contributed by atoms with E-state index >= 15 is 0 Å². The second-order valence-electron chi connectivity index (χ2n) is 6.64. The van der Waals surface area contributed by atoms with E-state index in [2.05, 4.69) is 15.5 Å². The summed E-state index contributed by atoms with van der Waals surface area (Å²) in [6.45, 7) is 8.40. The molecule has 0 aliphatic heterocycles. The standard InChI is InChI=1S/C21H24N4O3/c1-5-22-18(26)12-25(6-2)21(27)16-11-17(15-9-7-13(3)8-10-15)23-20-19(16)14(4)24-28-20/h7-11H,5-6,12H2,1-4H3,(H,22,26). The molecule has 0 saturated heterocycles. The zero-order valence-electron chi connectivity index (χ0n) is 16.6. The molecule has 0 unspecified atom stereocenters. The van der Waals surface area contributed by atoms with Crippen molar-refractivity contribution in [3.05, 3.63) is 47.2 Å². The highest BCUT2D eigenvalue weighted by molar-refractivity contribution is 6.07. The van der Waals surface area contributed by atoms with Crippen molar-refractivity contribution in [2.24, 2.45) is 0 Å². The molecule has 7 heteroatoms. The molecular formula is C21H24N4O3. The predicted octanol–water partition coefficient (Wildman–Crippen LogP) is 3.10. The third-order valence-electron chi connectivity index (χ3n) is 4.57. The molecule has 0 bridgehead atoms. The molecule has 0 saturated carbocycles. The monoisotopic (exact) mass is 380 g/mol. The fourth-order valence-electron chi connectivity index (χ4n) is 3.06. The van der Waals surface area contributed by atoms with Gasteiger partial charge in [-0.05, 0) is 33.8 Å². The molecule has 0 aliphatic rings. The lowest BCUT2D eigenvalue weighted by Crippen LogP contribution is -2.40. The Morgan fingerprint density at radius 2 is 1.86 bits per heavy atom. The molecule has 2 aromatic heterocycles. The van der Waals surface area contributed by atoms with Crippen LogP contribution >= 0.6 is 0 Å². The number of aromatic nitrogens is 2. The second-order valence-corrected chi connectivity index (χ2v) is 6.64. The van der Waals surface area contributed by atoms with Gasteiger partial charge >= 0.3 is 0 Å². The first kappa shape index (κ1) is 19.5. The van der Waals surface area contributed by atoms with Gasteiger partial charge in [0.1, 0.15) is 0 Å². The molecule has 0 spiro atoms. The van der Waals surface area contributed by atoms with E-state index in [0.717, 1.165) is 11.1 Å². The minimum absolute atomic E-state index is 0.00280. The number of nitrogens with one attached hydrogen (secondary N) is 1. The predicted molar refractivity (Wildman–Crippen MR) is 107 cm³/mol. The van der Waals surface area contributed by atoms with E-state index in [1.807, 2.05) is 45.0 Å². The van der Waals surface area contributed by atoms with Crippen LogP contribution in [0.2, 0.25) is 0 Å². The Morgan fingerprint density at radius 1 is 1.14 bits per heavy atom. The maximum atomic E-state index is 13.3. The van der Waals surface area contributed by atoms with E-state index < -0.39 is 0 Å². The fraction of sp³-hybridized carbons (Fsp3) is 0.333. The first-order chi connectivity index (χ1) is 13.4. The number of carbonyl (C=O) groups is 2. The topological polar surface area (TPSA) is 88.3 Å². The summed E-state index contributed by atoms with van der Waals surface area (Å²) in [5, 5.41) is 7.28. The number of benzene rings is 1. The van der Waals surface area contributed by atoms with Gasteiger partial charge < -0.3 is 14.7 Å². The molecule has 0 radical (unpaired) electrons. The number of hydrogen-bond acceptors (Lipinski definition) is 5. The lowest BCUT2D eigenvalue weighted by Gasteiger charge is -2.21. The number of nitrogens with zero attached hydrogens (tertiary/aromatic N) is 3. The summed E-state index contributed by atoms with van der Waals surface area (Å²) in [6.07, 6.45) is 0. The van der Waals surface area contributed by atoms with Crippen LogP contribution in [0.1, 0.15) is 35.5 Å². The van der Waals surface area contributed by atoms with Gasteiger partial charge in [-0.25, -0.2) is 4.98 Å². The van der Waals surface area contributed by atoms with Crippen LogP contribution in [0.3, 0.4) is 0 Å². The van der Waals surface area contributed by atoms with Gasteiger partial charge in [0, 0.05) is 18.7 Å². The van der Waals surface area contributed by atoms with E-state index in [-0.39, 0.29) is 18.4 Å².